The van der Waals surface area contributed by atoms with Crippen molar-refractivity contribution in [2.24, 2.45) is 0 Å². The molecule has 2 fully saturated rings. The van der Waals surface area contributed by atoms with E-state index in [1.54, 1.807) is 19.0 Å². The molecule has 1 atom stereocenters. The van der Waals surface area contributed by atoms with Crippen molar-refractivity contribution >= 4 is 50.1 Å². The van der Waals surface area contributed by atoms with Crippen LogP contribution in [0.25, 0.3) is 21.1 Å². The summed E-state index contributed by atoms with van der Waals surface area (Å²) in [5.41, 5.74) is 10.0. The molecule has 3 aromatic heterocycles. The topological polar surface area (TPSA) is 123 Å². The lowest BCUT2D eigenvalue weighted by molar-refractivity contribution is -0.130. The molecule has 2 aliphatic heterocycles. The number of amides is 1. The molecule has 3 N–H and O–H groups in total. The maximum absolute atomic E-state index is 13.0. The normalized spacial score (nSPS) is 17.7. The highest BCUT2D eigenvalue weighted by atomic mass is 32.1. The Kier molecular flexibility index (Phi) is 10.5. The third-order valence-corrected chi connectivity index (χ3v) is 11.1. The number of nitrogens with two attached hydrogens (primary N) is 1. The average molecular weight is 711 g/mol. The molecule has 0 saturated carbocycles. The minimum Gasteiger partial charge on any atom is -0.368 e. The lowest BCUT2D eigenvalue weighted by Crippen LogP contribution is -2.52. The number of anilines is 2. The number of nitrogens with zero attached hydrogens (tertiary/aromatic N) is 8. The van der Waals surface area contributed by atoms with Gasteiger partial charge in [0.1, 0.15) is 22.4 Å². The fourth-order valence-electron chi connectivity index (χ4n) is 7.11. The van der Waals surface area contributed by atoms with Crippen LogP contribution >= 0.6 is 11.3 Å². The molecular formula is C35H45F3N10OS. The molecular weight excluding hydrogens is 666 g/mol. The Morgan fingerprint density at radius 1 is 1.10 bits per heavy atom. The minimum absolute atomic E-state index is 0.0410. The summed E-state index contributed by atoms with van der Waals surface area (Å²) in [6, 6.07) is 10.6. The van der Waals surface area contributed by atoms with E-state index in [1.165, 1.54) is 17.2 Å². The molecule has 2 saturated heterocycles. The molecule has 0 aliphatic carbocycles. The van der Waals surface area contributed by atoms with Gasteiger partial charge < -0.3 is 20.5 Å². The van der Waals surface area contributed by atoms with Crippen LogP contribution in [0.3, 0.4) is 0 Å². The Morgan fingerprint density at radius 3 is 2.48 bits per heavy atom. The summed E-state index contributed by atoms with van der Waals surface area (Å²) in [5, 5.41) is 15.2. The molecule has 268 valence electrons. The van der Waals surface area contributed by atoms with Gasteiger partial charge in [-0.15, -0.1) is 11.3 Å². The summed E-state index contributed by atoms with van der Waals surface area (Å²) in [7, 11) is 3.57. The molecule has 15 heteroatoms. The number of likely N-dealkylation sites (tertiary alicyclic amines) is 1. The molecule has 50 heavy (non-hydrogen) atoms. The predicted molar refractivity (Wildman–Crippen MR) is 191 cm³/mol. The number of nitrogens with one attached hydrogen (secondary N) is 1. The molecule has 6 rings (SSSR count). The number of nitrogen functional groups attached to an aromatic ring is 1. The maximum atomic E-state index is 13.0. The number of fused-ring (bicyclic) bond motifs is 2. The number of halogens is 3. The maximum Gasteiger partial charge on any atom is 0.393 e. The Bertz CT molecular complexity index is 1880. The number of carbonyl (C=O) groups is 1. The first-order valence-electron chi connectivity index (χ1n) is 17.1. The van der Waals surface area contributed by atoms with Crippen LogP contribution in [-0.4, -0.2) is 118 Å². The highest BCUT2D eigenvalue weighted by Crippen LogP contribution is 2.34. The lowest BCUT2D eigenvalue weighted by Gasteiger charge is -2.38. The van der Waals surface area contributed by atoms with Gasteiger partial charge >= 0.3 is 6.18 Å². The molecule has 0 radical (unpaired) electrons. The number of aromatic nitrogens is 3. The van der Waals surface area contributed by atoms with Crippen LogP contribution in [-0.2, 0) is 24.3 Å². The largest absolute Gasteiger partial charge is 0.393 e. The molecule has 2 aliphatic rings. The van der Waals surface area contributed by atoms with Gasteiger partial charge in [-0.2, -0.15) is 23.4 Å². The third-order valence-electron chi connectivity index (χ3n) is 10.1. The van der Waals surface area contributed by atoms with E-state index in [-0.39, 0.29) is 28.8 Å². The van der Waals surface area contributed by atoms with E-state index in [4.69, 9.17) is 5.73 Å². The number of nitriles is 1. The van der Waals surface area contributed by atoms with Crippen LogP contribution in [0.1, 0.15) is 41.5 Å². The van der Waals surface area contributed by atoms with E-state index in [9.17, 15) is 23.2 Å². The molecule has 4 aromatic rings. The van der Waals surface area contributed by atoms with Gasteiger partial charge in [0.05, 0.1) is 18.4 Å². The van der Waals surface area contributed by atoms with Crippen LogP contribution in [0.15, 0.2) is 24.3 Å². The zero-order chi connectivity index (χ0) is 35.7. The molecule has 5 heterocycles. The Hall–Kier alpha value is -3.97. The Labute approximate surface area is 294 Å². The highest BCUT2D eigenvalue weighted by Gasteiger charge is 2.30. The summed E-state index contributed by atoms with van der Waals surface area (Å²) in [6.07, 6.45) is -3.60. The van der Waals surface area contributed by atoms with Gasteiger partial charge in [-0.3, -0.25) is 19.5 Å². The van der Waals surface area contributed by atoms with Crippen molar-refractivity contribution in [3.8, 4) is 6.07 Å². The monoisotopic (exact) mass is 710 g/mol. The number of carbonyl (C=O) groups excluding carboxylic acids is 1. The van der Waals surface area contributed by atoms with Crippen molar-refractivity contribution in [1.82, 2.24) is 34.1 Å². The van der Waals surface area contributed by atoms with Crippen molar-refractivity contribution in [3.63, 3.8) is 0 Å². The van der Waals surface area contributed by atoms with Gasteiger partial charge in [-0.25, -0.2) is 4.98 Å². The number of aryl methyl sites for hydroxylation is 1. The van der Waals surface area contributed by atoms with E-state index in [0.717, 1.165) is 80.9 Å². The van der Waals surface area contributed by atoms with E-state index in [1.807, 2.05) is 6.07 Å². The van der Waals surface area contributed by atoms with Crippen molar-refractivity contribution < 1.29 is 18.0 Å². The second-order valence-electron chi connectivity index (χ2n) is 13.8. The molecule has 11 nitrogen and oxygen atoms in total. The summed E-state index contributed by atoms with van der Waals surface area (Å²) >= 11 is 1.00. The first-order valence-corrected chi connectivity index (χ1v) is 17.9. The van der Waals surface area contributed by atoms with E-state index < -0.39 is 12.6 Å². The average Bonchev–Trinajstić information content (AvgIpc) is 3.63. The van der Waals surface area contributed by atoms with E-state index >= 15 is 0 Å². The standard InChI is InChI=1S/C35H45F3N10OS/c1-22(47-13-11-46(12-14-47)21-31(49)44(3)4)19-48-26(18-39)15-28-23(2)24(5-6-30(28)48)20-45-9-7-25(8-10-45)41-32-29-16-27(17-35(36,37)38)50-33(29)43-34(40)42-32/h5-6,15-16,22,25H,7-14,17,19-21H2,1-4H3,(H3,40,41,42,43)/t22-/m0/s1. The number of thiophene rings is 1. The number of piperazine rings is 1. The molecule has 0 bridgehead atoms. The van der Waals surface area contributed by atoms with Crippen molar-refractivity contribution in [2.75, 3.05) is 71.0 Å². The van der Waals surface area contributed by atoms with Crippen molar-refractivity contribution in [2.45, 2.75) is 64.5 Å². The van der Waals surface area contributed by atoms with Crippen LogP contribution in [0.2, 0.25) is 0 Å². The summed E-state index contributed by atoms with van der Waals surface area (Å²) in [6.45, 7) is 11.4. The summed E-state index contributed by atoms with van der Waals surface area (Å²) in [4.78, 5) is 30.0. The smallest absolute Gasteiger partial charge is 0.368 e. The fourth-order valence-corrected chi connectivity index (χ4v) is 8.17. The summed E-state index contributed by atoms with van der Waals surface area (Å²) < 4.78 is 41.2. The fraction of sp³-hybridized carbons (Fsp3) is 0.543. The molecule has 1 amide bonds. The van der Waals surface area contributed by atoms with Gasteiger partial charge in [0.15, 0.2) is 0 Å². The number of likely N-dealkylation sites (N-methyl/N-ethyl adjacent to an activating group) is 1. The number of hydrogen-bond donors (Lipinski definition) is 2. The number of piperidine rings is 1. The minimum atomic E-state index is -4.29. The van der Waals surface area contributed by atoms with E-state index in [0.29, 0.717) is 34.8 Å². The number of hydrogen-bond acceptors (Lipinski definition) is 10. The lowest BCUT2D eigenvalue weighted by atomic mass is 10.0. The summed E-state index contributed by atoms with van der Waals surface area (Å²) in [5.74, 6) is 0.651. The number of rotatable bonds is 10. The van der Waals surface area contributed by atoms with Crippen LogP contribution in [0.5, 0.6) is 0 Å². The van der Waals surface area contributed by atoms with Gasteiger partial charge in [-0.1, -0.05) is 6.07 Å². The van der Waals surface area contributed by atoms with Crippen LogP contribution < -0.4 is 11.1 Å². The quantitative estimate of drug-likeness (QED) is 0.242. The van der Waals surface area contributed by atoms with Crippen LogP contribution in [0.4, 0.5) is 24.9 Å². The third kappa shape index (κ3) is 8.15. The first-order chi connectivity index (χ1) is 23.8. The first kappa shape index (κ1) is 35.8. The second kappa shape index (κ2) is 14.7. The Morgan fingerprint density at radius 2 is 1.82 bits per heavy atom. The number of alkyl halides is 3. The predicted octanol–water partition coefficient (Wildman–Crippen LogP) is 4.68. The van der Waals surface area contributed by atoms with Gasteiger partial charge in [0.25, 0.3) is 0 Å². The van der Waals surface area contributed by atoms with Gasteiger partial charge in [-0.05, 0) is 56.0 Å². The zero-order valence-corrected chi connectivity index (χ0v) is 29.9. The highest BCUT2D eigenvalue weighted by molar-refractivity contribution is 7.18. The number of benzene rings is 1. The zero-order valence-electron chi connectivity index (χ0n) is 29.1. The molecule has 1 aromatic carbocycles. The molecule has 0 unspecified atom stereocenters. The SMILES string of the molecule is Cc1c(CN2CCC(Nc3nc(N)nc4sc(CC(F)(F)F)cc34)CC2)ccc2c1cc(C#N)n2C[C@H](C)N1CCN(CC(=O)N(C)C)CC1. The van der Waals surface area contributed by atoms with Crippen LogP contribution in [0, 0.1) is 18.3 Å². The van der Waals surface area contributed by atoms with Gasteiger partial charge in [0, 0.05) is 94.3 Å². The second-order valence-corrected chi connectivity index (χ2v) is 14.9. The van der Waals surface area contributed by atoms with Gasteiger partial charge in [0.2, 0.25) is 11.9 Å². The Balaban J connectivity index is 1.07. The molecule has 0 spiro atoms. The van der Waals surface area contributed by atoms with Crippen molar-refractivity contribution in [1.29, 1.82) is 5.26 Å². The van der Waals surface area contributed by atoms with E-state index in [2.05, 4.69) is 66.6 Å². The van der Waals surface area contributed by atoms with Crippen molar-refractivity contribution in [3.05, 3.63) is 46.0 Å².